The molecule has 1 heteroatoms. The molecule has 0 aromatic carbocycles. The number of allylic oxidation sites excluding steroid dienone is 2. The summed E-state index contributed by atoms with van der Waals surface area (Å²) in [5.41, 5.74) is 1.06. The van der Waals surface area contributed by atoms with Crippen molar-refractivity contribution in [2.24, 2.45) is 11.3 Å². The van der Waals surface area contributed by atoms with Gasteiger partial charge in [0.2, 0.25) is 0 Å². The van der Waals surface area contributed by atoms with E-state index >= 15 is 0 Å². The lowest BCUT2D eigenvalue weighted by atomic mass is 9.54. The van der Waals surface area contributed by atoms with Gasteiger partial charge in [0.25, 0.3) is 0 Å². The molecule has 0 aromatic rings. The molecule has 0 aromatic heterocycles. The molecular weight excluding hydrogens is 196 g/mol. The monoisotopic (exact) mass is 216 g/mol. The van der Waals surface area contributed by atoms with Crippen LogP contribution in [-0.2, 0) is 0 Å². The highest BCUT2D eigenvalue weighted by molar-refractivity contribution is 5.44. The molecule has 3 atom stereocenters. The van der Waals surface area contributed by atoms with Crippen molar-refractivity contribution in [3.63, 3.8) is 0 Å². The molecule has 1 saturated carbocycles. The maximum absolute atomic E-state index is 10.8. The van der Waals surface area contributed by atoms with E-state index in [2.05, 4.69) is 25.5 Å². The normalized spacial score (nSPS) is 43.2. The van der Waals surface area contributed by atoms with Crippen LogP contribution in [0.2, 0.25) is 0 Å². The maximum atomic E-state index is 10.8. The summed E-state index contributed by atoms with van der Waals surface area (Å²) >= 11 is 0. The molecule has 0 radical (unpaired) electrons. The number of terminal acetylenes is 1. The quantitative estimate of drug-likeness (QED) is 0.617. The highest BCUT2D eigenvalue weighted by Crippen LogP contribution is 2.55. The summed E-state index contributed by atoms with van der Waals surface area (Å²) in [6.07, 6.45) is 11.8. The van der Waals surface area contributed by atoms with E-state index in [1.807, 2.05) is 6.92 Å². The van der Waals surface area contributed by atoms with Gasteiger partial charge in [0.05, 0.1) is 0 Å². The van der Waals surface area contributed by atoms with Crippen LogP contribution in [0.3, 0.4) is 0 Å². The topological polar surface area (TPSA) is 20.2 Å². The van der Waals surface area contributed by atoms with E-state index < -0.39 is 5.60 Å². The second-order valence-corrected chi connectivity index (χ2v) is 5.45. The van der Waals surface area contributed by atoms with Gasteiger partial charge in [-0.2, -0.15) is 0 Å². The number of hydrogen-bond acceptors (Lipinski definition) is 1. The molecule has 0 amide bonds. The number of hydrogen-bond donors (Lipinski definition) is 1. The average Bonchev–Trinajstić information content (AvgIpc) is 2.25. The Kier molecular flexibility index (Phi) is 2.51. The zero-order valence-corrected chi connectivity index (χ0v) is 10.2. The Morgan fingerprint density at radius 1 is 1.62 bits per heavy atom. The van der Waals surface area contributed by atoms with Crippen LogP contribution in [0.25, 0.3) is 0 Å². The van der Waals surface area contributed by atoms with Gasteiger partial charge in [-0.3, -0.25) is 0 Å². The molecule has 0 bridgehead atoms. The first-order chi connectivity index (χ1) is 7.45. The molecule has 2 aliphatic carbocycles. The summed E-state index contributed by atoms with van der Waals surface area (Å²) in [5, 5.41) is 10.8. The Hall–Kier alpha value is -1.00. The van der Waals surface area contributed by atoms with Crippen molar-refractivity contribution in [3.05, 3.63) is 23.8 Å². The number of rotatable bonds is 0. The second kappa shape index (κ2) is 3.50. The van der Waals surface area contributed by atoms with E-state index in [9.17, 15) is 5.11 Å². The summed E-state index contributed by atoms with van der Waals surface area (Å²) in [6, 6.07) is 0. The summed E-state index contributed by atoms with van der Waals surface area (Å²) in [4.78, 5) is 0. The van der Waals surface area contributed by atoms with Gasteiger partial charge in [0.1, 0.15) is 5.60 Å². The molecule has 86 valence electrons. The Morgan fingerprint density at radius 2 is 2.31 bits per heavy atom. The number of fused-ring (bicyclic) bond motifs is 1. The third-order valence-corrected chi connectivity index (χ3v) is 4.58. The fourth-order valence-corrected chi connectivity index (χ4v) is 3.39. The SMILES string of the molecule is C#CC1(O)C(C)CC=C2C(=C)CCC[C@@]21C. The van der Waals surface area contributed by atoms with Crippen LogP contribution in [0, 0.1) is 23.7 Å². The first kappa shape index (κ1) is 11.5. The van der Waals surface area contributed by atoms with Crippen molar-refractivity contribution in [3.8, 4) is 12.3 Å². The van der Waals surface area contributed by atoms with Crippen LogP contribution in [0.4, 0.5) is 0 Å². The zero-order chi connectivity index (χ0) is 12.0. The van der Waals surface area contributed by atoms with Gasteiger partial charge in [-0.15, -0.1) is 6.42 Å². The second-order valence-electron chi connectivity index (χ2n) is 5.45. The smallest absolute Gasteiger partial charge is 0.137 e. The van der Waals surface area contributed by atoms with E-state index in [4.69, 9.17) is 6.42 Å². The highest BCUT2D eigenvalue weighted by atomic mass is 16.3. The Balaban J connectivity index is 2.56. The van der Waals surface area contributed by atoms with Gasteiger partial charge in [-0.05, 0) is 31.3 Å². The lowest BCUT2D eigenvalue weighted by Gasteiger charge is -2.52. The third-order valence-electron chi connectivity index (χ3n) is 4.58. The maximum Gasteiger partial charge on any atom is 0.137 e. The van der Waals surface area contributed by atoms with Crippen LogP contribution >= 0.6 is 0 Å². The van der Waals surface area contributed by atoms with Crippen LogP contribution in [0.15, 0.2) is 23.8 Å². The molecule has 0 saturated heterocycles. The van der Waals surface area contributed by atoms with Crippen molar-refractivity contribution >= 4 is 0 Å². The Labute approximate surface area is 98.3 Å². The van der Waals surface area contributed by atoms with Crippen molar-refractivity contribution in [2.75, 3.05) is 0 Å². The van der Waals surface area contributed by atoms with Gasteiger partial charge in [-0.1, -0.05) is 38.0 Å². The van der Waals surface area contributed by atoms with Gasteiger partial charge < -0.3 is 5.11 Å². The summed E-state index contributed by atoms with van der Waals surface area (Å²) in [7, 11) is 0. The van der Waals surface area contributed by atoms with E-state index in [1.54, 1.807) is 0 Å². The molecule has 2 rings (SSSR count). The third kappa shape index (κ3) is 1.23. The van der Waals surface area contributed by atoms with Crippen molar-refractivity contribution < 1.29 is 5.11 Å². The van der Waals surface area contributed by atoms with E-state index in [0.29, 0.717) is 0 Å². The van der Waals surface area contributed by atoms with Crippen molar-refractivity contribution in [1.82, 2.24) is 0 Å². The first-order valence-corrected chi connectivity index (χ1v) is 6.04. The van der Waals surface area contributed by atoms with E-state index in [-0.39, 0.29) is 11.3 Å². The lowest BCUT2D eigenvalue weighted by Crippen LogP contribution is -2.54. The summed E-state index contributed by atoms with van der Waals surface area (Å²) in [5.74, 6) is 2.79. The molecule has 2 unspecified atom stereocenters. The van der Waals surface area contributed by atoms with Crippen LogP contribution in [0.1, 0.15) is 39.5 Å². The molecule has 0 heterocycles. The number of aliphatic hydroxyl groups is 1. The predicted octanol–water partition coefficient (Wildman–Crippen LogP) is 3.06. The van der Waals surface area contributed by atoms with Gasteiger partial charge in [-0.25, -0.2) is 0 Å². The van der Waals surface area contributed by atoms with Crippen LogP contribution in [0.5, 0.6) is 0 Å². The molecular formula is C15H20O. The van der Waals surface area contributed by atoms with Gasteiger partial charge in [0, 0.05) is 11.3 Å². The minimum atomic E-state index is -1.01. The van der Waals surface area contributed by atoms with Gasteiger partial charge in [0.15, 0.2) is 0 Å². The summed E-state index contributed by atoms with van der Waals surface area (Å²) < 4.78 is 0. The molecule has 0 aliphatic heterocycles. The highest BCUT2D eigenvalue weighted by Gasteiger charge is 2.54. The Bertz CT molecular complexity index is 398. The van der Waals surface area contributed by atoms with Crippen molar-refractivity contribution in [2.45, 2.75) is 45.1 Å². The fourth-order valence-electron chi connectivity index (χ4n) is 3.39. The standard InChI is InChI=1S/C15H20O/c1-5-15(16)12(3)8-9-13-11(2)7-6-10-14(13,15)4/h1,9,12,16H,2,6-8,10H2,3-4H3/t12?,14-,15?/m0/s1. The lowest BCUT2D eigenvalue weighted by molar-refractivity contribution is -0.0612. The average molecular weight is 216 g/mol. The van der Waals surface area contributed by atoms with Crippen LogP contribution < -0.4 is 0 Å². The molecule has 1 nitrogen and oxygen atoms in total. The first-order valence-electron chi connectivity index (χ1n) is 6.04. The predicted molar refractivity (Wildman–Crippen MR) is 66.7 cm³/mol. The Morgan fingerprint density at radius 3 is 2.94 bits per heavy atom. The zero-order valence-electron chi connectivity index (χ0n) is 10.2. The van der Waals surface area contributed by atoms with E-state index in [0.717, 1.165) is 31.3 Å². The van der Waals surface area contributed by atoms with Crippen molar-refractivity contribution in [1.29, 1.82) is 0 Å². The van der Waals surface area contributed by atoms with Gasteiger partial charge >= 0.3 is 0 Å². The summed E-state index contributed by atoms with van der Waals surface area (Å²) in [6.45, 7) is 8.25. The molecule has 1 N–H and O–H groups in total. The molecule has 16 heavy (non-hydrogen) atoms. The molecule has 0 spiro atoms. The fraction of sp³-hybridized carbons (Fsp3) is 0.600. The van der Waals surface area contributed by atoms with E-state index in [1.165, 1.54) is 5.57 Å². The minimum Gasteiger partial charge on any atom is -0.376 e. The minimum absolute atomic E-state index is 0.122. The molecule has 1 fully saturated rings. The van der Waals surface area contributed by atoms with Crippen LogP contribution in [-0.4, -0.2) is 10.7 Å². The largest absolute Gasteiger partial charge is 0.376 e. The molecule has 2 aliphatic rings.